The molecular formula is C13H18N2O4. The van der Waals surface area contributed by atoms with E-state index < -0.39 is 0 Å². The van der Waals surface area contributed by atoms with Crippen LogP contribution in [0.1, 0.15) is 16.8 Å². The Hall–Kier alpha value is -2.24. The van der Waals surface area contributed by atoms with Crippen LogP contribution in [0, 0.1) is 0 Å². The largest absolute Gasteiger partial charge is 0.497 e. The van der Waals surface area contributed by atoms with Crippen molar-refractivity contribution in [2.24, 2.45) is 0 Å². The molecule has 19 heavy (non-hydrogen) atoms. The number of hydrogen-bond donors (Lipinski definition) is 2. The number of benzene rings is 1. The predicted octanol–water partition coefficient (Wildman–Crippen LogP) is 0.570. The molecule has 2 amide bonds. The van der Waals surface area contributed by atoms with Gasteiger partial charge in [-0.1, -0.05) is 0 Å². The van der Waals surface area contributed by atoms with E-state index >= 15 is 0 Å². The first-order valence-electron chi connectivity index (χ1n) is 5.82. The number of ether oxygens (including phenoxy) is 2. The van der Waals surface area contributed by atoms with E-state index in [1.54, 1.807) is 25.2 Å². The lowest BCUT2D eigenvalue weighted by molar-refractivity contribution is -0.120. The van der Waals surface area contributed by atoms with E-state index in [9.17, 15) is 9.59 Å². The molecule has 6 heteroatoms. The van der Waals surface area contributed by atoms with Crippen LogP contribution < -0.4 is 20.1 Å². The fraction of sp³-hybridized carbons (Fsp3) is 0.385. The van der Waals surface area contributed by atoms with Crippen LogP contribution in [0.15, 0.2) is 18.2 Å². The zero-order chi connectivity index (χ0) is 14.3. The number of rotatable bonds is 6. The molecule has 0 unspecified atom stereocenters. The van der Waals surface area contributed by atoms with Crippen molar-refractivity contribution in [1.29, 1.82) is 0 Å². The van der Waals surface area contributed by atoms with Crippen molar-refractivity contribution in [2.45, 2.75) is 6.42 Å². The third-order valence-electron chi connectivity index (χ3n) is 2.53. The maximum atomic E-state index is 11.9. The number of carbonyl (C=O) groups excluding carboxylic acids is 2. The Morgan fingerprint density at radius 2 is 1.68 bits per heavy atom. The smallest absolute Gasteiger partial charge is 0.251 e. The third-order valence-corrected chi connectivity index (χ3v) is 2.53. The van der Waals surface area contributed by atoms with Gasteiger partial charge in [-0.15, -0.1) is 0 Å². The van der Waals surface area contributed by atoms with Gasteiger partial charge in [0, 0.05) is 31.6 Å². The van der Waals surface area contributed by atoms with Crippen LogP contribution in [0.4, 0.5) is 0 Å². The van der Waals surface area contributed by atoms with Crippen LogP contribution in [0.3, 0.4) is 0 Å². The first-order chi connectivity index (χ1) is 9.10. The Morgan fingerprint density at radius 3 is 2.16 bits per heavy atom. The molecule has 0 atom stereocenters. The van der Waals surface area contributed by atoms with E-state index in [1.165, 1.54) is 14.2 Å². The average Bonchev–Trinajstić information content (AvgIpc) is 2.46. The van der Waals surface area contributed by atoms with Crippen molar-refractivity contribution in [3.63, 3.8) is 0 Å². The van der Waals surface area contributed by atoms with Crippen molar-refractivity contribution in [1.82, 2.24) is 10.6 Å². The second-order valence-electron chi connectivity index (χ2n) is 3.78. The quantitative estimate of drug-likeness (QED) is 0.789. The minimum atomic E-state index is -0.277. The molecule has 0 aliphatic heterocycles. The van der Waals surface area contributed by atoms with Crippen molar-refractivity contribution in [3.8, 4) is 11.5 Å². The van der Waals surface area contributed by atoms with Crippen LogP contribution in [-0.4, -0.2) is 39.6 Å². The Balaban J connectivity index is 2.68. The van der Waals surface area contributed by atoms with Crippen molar-refractivity contribution < 1.29 is 19.1 Å². The predicted molar refractivity (Wildman–Crippen MR) is 70.6 cm³/mol. The van der Waals surface area contributed by atoms with E-state index in [4.69, 9.17) is 9.47 Å². The highest BCUT2D eigenvalue weighted by Crippen LogP contribution is 2.22. The summed E-state index contributed by atoms with van der Waals surface area (Å²) in [6.45, 7) is 0.276. The van der Waals surface area contributed by atoms with Gasteiger partial charge in [-0.05, 0) is 12.1 Å². The van der Waals surface area contributed by atoms with Gasteiger partial charge in [-0.2, -0.15) is 0 Å². The molecule has 0 heterocycles. The highest BCUT2D eigenvalue weighted by molar-refractivity contribution is 5.95. The van der Waals surface area contributed by atoms with E-state index in [0.717, 1.165) is 0 Å². The monoisotopic (exact) mass is 266 g/mol. The Kier molecular flexibility index (Phi) is 5.66. The van der Waals surface area contributed by atoms with E-state index in [2.05, 4.69) is 10.6 Å². The summed E-state index contributed by atoms with van der Waals surface area (Å²) in [5.74, 6) is 0.677. The lowest BCUT2D eigenvalue weighted by Gasteiger charge is -2.09. The Bertz CT molecular complexity index is 438. The van der Waals surface area contributed by atoms with E-state index in [0.29, 0.717) is 17.1 Å². The zero-order valence-corrected chi connectivity index (χ0v) is 11.3. The highest BCUT2D eigenvalue weighted by Gasteiger charge is 2.09. The number of nitrogens with one attached hydrogen (secondary N) is 2. The molecular weight excluding hydrogens is 248 g/mol. The highest BCUT2D eigenvalue weighted by atomic mass is 16.5. The molecule has 0 aliphatic carbocycles. The summed E-state index contributed by atoms with van der Waals surface area (Å²) in [5, 5.41) is 5.14. The normalized spacial score (nSPS) is 9.63. The van der Waals surface area contributed by atoms with Crippen molar-refractivity contribution in [2.75, 3.05) is 27.8 Å². The minimum Gasteiger partial charge on any atom is -0.497 e. The maximum absolute atomic E-state index is 11.9. The summed E-state index contributed by atoms with van der Waals surface area (Å²) in [7, 11) is 4.58. The maximum Gasteiger partial charge on any atom is 0.251 e. The van der Waals surface area contributed by atoms with Gasteiger partial charge in [0.1, 0.15) is 11.5 Å². The summed E-state index contributed by atoms with van der Waals surface area (Å²) in [6, 6.07) is 4.90. The van der Waals surface area contributed by atoms with Gasteiger partial charge in [0.2, 0.25) is 5.91 Å². The Labute approximate surface area is 112 Å². The lowest BCUT2D eigenvalue weighted by Crippen LogP contribution is -2.29. The summed E-state index contributed by atoms with van der Waals surface area (Å²) < 4.78 is 10.2. The van der Waals surface area contributed by atoms with Crippen LogP contribution in [0.2, 0.25) is 0 Å². The molecule has 104 valence electrons. The summed E-state index contributed by atoms with van der Waals surface area (Å²) in [4.78, 5) is 22.9. The minimum absolute atomic E-state index is 0.122. The van der Waals surface area contributed by atoms with Crippen LogP contribution in [0.5, 0.6) is 11.5 Å². The molecule has 0 saturated carbocycles. The summed E-state index contributed by atoms with van der Waals surface area (Å²) >= 11 is 0. The number of amides is 2. The Morgan fingerprint density at radius 1 is 1.11 bits per heavy atom. The number of hydrogen-bond acceptors (Lipinski definition) is 4. The van der Waals surface area contributed by atoms with Crippen LogP contribution in [0.25, 0.3) is 0 Å². The van der Waals surface area contributed by atoms with Gasteiger partial charge in [0.15, 0.2) is 0 Å². The van der Waals surface area contributed by atoms with Gasteiger partial charge < -0.3 is 20.1 Å². The van der Waals surface area contributed by atoms with E-state index in [1.807, 2.05) is 0 Å². The standard InChI is InChI=1S/C13H18N2O4/c1-14-12(16)4-5-15-13(17)9-6-10(18-2)8-11(7-9)19-3/h6-8H,4-5H2,1-3H3,(H,14,16)(H,15,17). The second-order valence-corrected chi connectivity index (χ2v) is 3.78. The van der Waals surface area contributed by atoms with Gasteiger partial charge in [0.05, 0.1) is 14.2 Å². The molecule has 0 spiro atoms. The average molecular weight is 266 g/mol. The third kappa shape index (κ3) is 4.50. The number of methoxy groups -OCH3 is 2. The molecule has 2 N–H and O–H groups in total. The molecule has 0 bridgehead atoms. The second kappa shape index (κ2) is 7.25. The van der Waals surface area contributed by atoms with Gasteiger partial charge >= 0.3 is 0 Å². The molecule has 0 saturated heterocycles. The van der Waals surface area contributed by atoms with E-state index in [-0.39, 0.29) is 24.8 Å². The molecule has 6 nitrogen and oxygen atoms in total. The number of carbonyl (C=O) groups is 2. The molecule has 0 radical (unpaired) electrons. The first-order valence-corrected chi connectivity index (χ1v) is 5.82. The molecule has 1 aromatic rings. The molecule has 1 rings (SSSR count). The fourth-order valence-corrected chi connectivity index (χ4v) is 1.46. The summed E-state index contributed by atoms with van der Waals surface area (Å²) in [5.41, 5.74) is 0.424. The first kappa shape index (κ1) is 14.8. The molecule has 0 fully saturated rings. The lowest BCUT2D eigenvalue weighted by atomic mass is 10.2. The van der Waals surface area contributed by atoms with Gasteiger partial charge in [-0.3, -0.25) is 9.59 Å². The summed E-state index contributed by atoms with van der Waals surface area (Å²) in [6.07, 6.45) is 0.239. The van der Waals surface area contributed by atoms with Gasteiger partial charge in [-0.25, -0.2) is 0 Å². The SMILES string of the molecule is CNC(=O)CCNC(=O)c1cc(OC)cc(OC)c1. The van der Waals surface area contributed by atoms with Crippen LogP contribution >= 0.6 is 0 Å². The topological polar surface area (TPSA) is 76.7 Å². The zero-order valence-electron chi connectivity index (χ0n) is 11.3. The van der Waals surface area contributed by atoms with Crippen molar-refractivity contribution >= 4 is 11.8 Å². The van der Waals surface area contributed by atoms with Gasteiger partial charge in [0.25, 0.3) is 5.91 Å². The molecule has 0 aromatic heterocycles. The molecule has 1 aromatic carbocycles. The fourth-order valence-electron chi connectivity index (χ4n) is 1.46. The van der Waals surface area contributed by atoms with Crippen LogP contribution in [-0.2, 0) is 4.79 Å². The van der Waals surface area contributed by atoms with Crippen molar-refractivity contribution in [3.05, 3.63) is 23.8 Å². The molecule has 0 aliphatic rings.